The highest BCUT2D eigenvalue weighted by molar-refractivity contribution is 5.95. The second kappa shape index (κ2) is 11.8. The van der Waals surface area contributed by atoms with Crippen LogP contribution < -0.4 is 0 Å². The molecule has 1 saturated carbocycles. The van der Waals surface area contributed by atoms with E-state index in [0.29, 0.717) is 19.3 Å². The zero-order valence-corrected chi connectivity index (χ0v) is 14.8. The number of hydrogen-bond acceptors (Lipinski definition) is 3. The van der Waals surface area contributed by atoms with Gasteiger partial charge >= 0.3 is 5.97 Å². The lowest BCUT2D eigenvalue weighted by molar-refractivity contribution is -0.137. The maximum absolute atomic E-state index is 12.0. The molecule has 24 heavy (non-hydrogen) atoms. The summed E-state index contributed by atoms with van der Waals surface area (Å²) in [6.45, 7) is 2.10. The highest BCUT2D eigenvalue weighted by Crippen LogP contribution is 2.32. The second-order valence-electron chi connectivity index (χ2n) is 6.71. The maximum Gasteiger partial charge on any atom is 0.303 e. The summed E-state index contributed by atoms with van der Waals surface area (Å²) in [5.41, 5.74) is 0. The van der Waals surface area contributed by atoms with Crippen LogP contribution in [-0.4, -0.2) is 22.6 Å². The molecule has 4 nitrogen and oxygen atoms in total. The monoisotopic (exact) mass is 334 g/mol. The molecule has 0 bridgehead atoms. The summed E-state index contributed by atoms with van der Waals surface area (Å²) in [7, 11) is 0. The molecule has 0 aromatic carbocycles. The molecule has 0 aliphatic heterocycles. The summed E-state index contributed by atoms with van der Waals surface area (Å²) in [6, 6.07) is 0. The fourth-order valence-corrected chi connectivity index (χ4v) is 3.21. The third-order valence-electron chi connectivity index (χ3n) is 4.66. The molecule has 1 fully saturated rings. The summed E-state index contributed by atoms with van der Waals surface area (Å²) in [5, 5.41) is 8.60. The van der Waals surface area contributed by atoms with Gasteiger partial charge in [0.15, 0.2) is 0 Å². The molecule has 2 atom stereocenters. The van der Waals surface area contributed by atoms with Crippen LogP contribution in [0.25, 0.3) is 0 Å². The van der Waals surface area contributed by atoms with Crippen LogP contribution in [0.5, 0.6) is 0 Å². The van der Waals surface area contributed by atoms with E-state index < -0.39 is 5.97 Å². The molecule has 0 aromatic heterocycles. The molecule has 0 amide bonds. The van der Waals surface area contributed by atoms with E-state index in [9.17, 15) is 14.4 Å². The van der Waals surface area contributed by atoms with Crippen LogP contribution in [0.4, 0.5) is 0 Å². The Kier molecular flexibility index (Phi) is 10.1. The molecule has 0 unspecified atom stereocenters. The molecule has 1 aliphatic carbocycles. The number of rotatable bonds is 11. The molecule has 0 saturated heterocycles. The third kappa shape index (κ3) is 8.29. The highest BCUT2D eigenvalue weighted by Gasteiger charge is 2.32. The molecule has 1 rings (SSSR count). The van der Waals surface area contributed by atoms with Gasteiger partial charge in [-0.3, -0.25) is 14.4 Å². The molecule has 0 heterocycles. The van der Waals surface area contributed by atoms with Gasteiger partial charge in [-0.25, -0.2) is 0 Å². The van der Waals surface area contributed by atoms with Crippen molar-refractivity contribution in [3.05, 3.63) is 0 Å². The average Bonchev–Trinajstić information content (AvgIpc) is 2.89. The van der Waals surface area contributed by atoms with Gasteiger partial charge in [-0.15, -0.1) is 0 Å². The van der Waals surface area contributed by atoms with Crippen molar-refractivity contribution in [2.24, 2.45) is 11.8 Å². The molecule has 1 N–H and O–H groups in total. The number of aliphatic carboxylic acids is 1. The van der Waals surface area contributed by atoms with Crippen molar-refractivity contribution in [2.75, 3.05) is 0 Å². The summed E-state index contributed by atoms with van der Waals surface area (Å²) >= 11 is 0. The number of carbonyl (C=O) groups excluding carboxylic acids is 2. The van der Waals surface area contributed by atoms with Crippen molar-refractivity contribution in [3.63, 3.8) is 0 Å². The van der Waals surface area contributed by atoms with Crippen molar-refractivity contribution >= 4 is 17.5 Å². The Bertz CT molecular complexity index is 484. The van der Waals surface area contributed by atoms with Gasteiger partial charge in [0.05, 0.1) is 0 Å². The molecule has 0 spiro atoms. The number of Topliss-reactive ketones (excluding diaryl/α,β-unsaturated/α-hetero) is 2. The Morgan fingerprint density at radius 1 is 1.08 bits per heavy atom. The zero-order chi connectivity index (χ0) is 17.8. The number of carboxylic acids is 1. The van der Waals surface area contributed by atoms with Crippen LogP contribution >= 0.6 is 0 Å². The van der Waals surface area contributed by atoms with Gasteiger partial charge in [-0.2, -0.15) is 0 Å². The summed E-state index contributed by atoms with van der Waals surface area (Å²) in [6.07, 6.45) is 9.42. The van der Waals surface area contributed by atoms with Gasteiger partial charge < -0.3 is 5.11 Å². The first-order valence-corrected chi connectivity index (χ1v) is 9.33. The van der Waals surface area contributed by atoms with E-state index in [1.807, 2.05) is 0 Å². The van der Waals surface area contributed by atoms with Crippen molar-refractivity contribution in [1.82, 2.24) is 0 Å². The lowest BCUT2D eigenvalue weighted by Gasteiger charge is -2.12. The van der Waals surface area contributed by atoms with Crippen molar-refractivity contribution in [2.45, 2.75) is 84.0 Å². The van der Waals surface area contributed by atoms with Crippen molar-refractivity contribution in [3.8, 4) is 11.8 Å². The number of hydrogen-bond donors (Lipinski definition) is 1. The van der Waals surface area contributed by atoms with Gasteiger partial charge in [-0.05, 0) is 31.6 Å². The molecular weight excluding hydrogens is 304 g/mol. The third-order valence-corrected chi connectivity index (χ3v) is 4.66. The Hall–Kier alpha value is -1.63. The van der Waals surface area contributed by atoms with E-state index in [4.69, 9.17) is 5.11 Å². The summed E-state index contributed by atoms with van der Waals surface area (Å²) < 4.78 is 0. The van der Waals surface area contributed by atoms with Crippen molar-refractivity contribution in [1.29, 1.82) is 0 Å². The van der Waals surface area contributed by atoms with Crippen LogP contribution in [0.2, 0.25) is 0 Å². The lowest BCUT2D eigenvalue weighted by Crippen LogP contribution is -2.14. The minimum absolute atomic E-state index is 0.00443. The van der Waals surface area contributed by atoms with Gasteiger partial charge in [0, 0.05) is 31.1 Å². The predicted molar refractivity (Wildman–Crippen MR) is 93.5 cm³/mol. The van der Waals surface area contributed by atoms with E-state index in [2.05, 4.69) is 18.8 Å². The largest absolute Gasteiger partial charge is 0.481 e. The smallest absolute Gasteiger partial charge is 0.303 e. The number of unbranched alkanes of at least 4 members (excludes halogenated alkanes) is 5. The number of carboxylic acid groups (broad SMARTS) is 1. The molecular formula is C20H30O4. The first kappa shape index (κ1) is 20.4. The summed E-state index contributed by atoms with van der Waals surface area (Å²) in [4.78, 5) is 34.2. The van der Waals surface area contributed by atoms with Crippen LogP contribution in [-0.2, 0) is 14.4 Å². The highest BCUT2D eigenvalue weighted by atomic mass is 16.4. The molecule has 4 heteroatoms. The number of ketones is 2. The van der Waals surface area contributed by atoms with Gasteiger partial charge in [0.25, 0.3) is 0 Å². The van der Waals surface area contributed by atoms with Crippen LogP contribution in [0.1, 0.15) is 84.0 Å². The predicted octanol–water partition coefficient (Wildman–Crippen LogP) is 4.16. The van der Waals surface area contributed by atoms with E-state index >= 15 is 0 Å². The van der Waals surface area contributed by atoms with Crippen LogP contribution in [0.15, 0.2) is 0 Å². The van der Waals surface area contributed by atoms with E-state index in [1.165, 1.54) is 0 Å². The van der Waals surface area contributed by atoms with Gasteiger partial charge in [0.2, 0.25) is 5.78 Å². The summed E-state index contributed by atoms with van der Waals surface area (Å²) in [5.74, 6) is 5.34. The Balaban J connectivity index is 2.33. The zero-order valence-electron chi connectivity index (χ0n) is 14.8. The maximum atomic E-state index is 12.0. The minimum atomic E-state index is -0.750. The Morgan fingerprint density at radius 3 is 2.50 bits per heavy atom. The topological polar surface area (TPSA) is 71.4 Å². The van der Waals surface area contributed by atoms with Crippen LogP contribution in [0, 0.1) is 23.7 Å². The van der Waals surface area contributed by atoms with Crippen LogP contribution in [0.3, 0.4) is 0 Å². The average molecular weight is 334 g/mol. The Morgan fingerprint density at radius 2 is 1.79 bits per heavy atom. The molecule has 0 aromatic rings. The quantitative estimate of drug-likeness (QED) is 0.350. The minimum Gasteiger partial charge on any atom is -0.481 e. The molecule has 0 radical (unpaired) electrons. The fourth-order valence-electron chi connectivity index (χ4n) is 3.21. The van der Waals surface area contributed by atoms with E-state index in [1.54, 1.807) is 0 Å². The molecule has 134 valence electrons. The molecule has 1 aliphatic rings. The van der Waals surface area contributed by atoms with Gasteiger partial charge in [-0.1, -0.05) is 44.9 Å². The number of carbonyl (C=O) groups is 3. The standard InChI is InChI=1S/C20H30O4/c1-2-3-6-9-17(21)14-12-16-13-15-19(22)18(16)10-7-4-5-8-11-20(23)24/h16,18H,2-11,13,15H2,1H3,(H,23,24)/t16-,18+/m0/s1. The van der Waals surface area contributed by atoms with Crippen molar-refractivity contribution < 1.29 is 19.5 Å². The second-order valence-corrected chi connectivity index (χ2v) is 6.71. The van der Waals surface area contributed by atoms with E-state index in [0.717, 1.165) is 51.4 Å². The SMILES string of the molecule is CCCCCC(=O)C#C[C@H]1CCC(=O)[C@@H]1CCCCCCC(=O)O. The lowest BCUT2D eigenvalue weighted by atomic mass is 9.90. The van der Waals surface area contributed by atoms with Gasteiger partial charge in [0.1, 0.15) is 5.78 Å². The fraction of sp³-hybridized carbons (Fsp3) is 0.750. The normalized spacial score (nSPS) is 19.8. The van der Waals surface area contributed by atoms with E-state index in [-0.39, 0.29) is 29.8 Å². The first-order valence-electron chi connectivity index (χ1n) is 9.33. The first-order chi connectivity index (χ1) is 11.5. The Labute approximate surface area is 145 Å².